The van der Waals surface area contributed by atoms with Crippen LogP contribution < -0.4 is 11.1 Å². The van der Waals surface area contributed by atoms with Gasteiger partial charge in [-0.25, -0.2) is 4.79 Å². The van der Waals surface area contributed by atoms with Gasteiger partial charge in [0.05, 0.1) is 0 Å². The average Bonchev–Trinajstić information content (AvgIpc) is 2.28. The molecule has 1 heterocycles. The molecule has 16 heavy (non-hydrogen) atoms. The molecule has 2 rings (SSSR count). The third-order valence-corrected chi connectivity index (χ3v) is 3.02. The van der Waals surface area contributed by atoms with Crippen LogP contribution in [0.1, 0.15) is 17.5 Å². The van der Waals surface area contributed by atoms with E-state index in [0.717, 1.165) is 36.3 Å². The van der Waals surface area contributed by atoms with E-state index in [9.17, 15) is 4.79 Å². The Morgan fingerprint density at radius 3 is 3.06 bits per heavy atom. The fraction of sp³-hybridized carbons (Fsp3) is 0.417. The van der Waals surface area contributed by atoms with E-state index in [4.69, 9.17) is 5.73 Å². The zero-order valence-electron chi connectivity index (χ0n) is 9.49. The van der Waals surface area contributed by atoms with Gasteiger partial charge in [-0.2, -0.15) is 0 Å². The van der Waals surface area contributed by atoms with Crippen molar-refractivity contribution in [2.24, 2.45) is 0 Å². The lowest BCUT2D eigenvalue weighted by atomic mass is 10.1. The molecule has 3 N–H and O–H groups in total. The van der Waals surface area contributed by atoms with Gasteiger partial charge in [-0.1, -0.05) is 12.1 Å². The molecule has 4 heteroatoms. The van der Waals surface area contributed by atoms with E-state index in [2.05, 4.69) is 5.32 Å². The first kappa shape index (κ1) is 10.8. The number of rotatable bonds is 2. The second-order valence-corrected chi connectivity index (χ2v) is 4.14. The summed E-state index contributed by atoms with van der Waals surface area (Å²) in [4.78, 5) is 13.4. The van der Waals surface area contributed by atoms with Crippen molar-refractivity contribution in [3.8, 4) is 0 Å². The first-order valence-corrected chi connectivity index (χ1v) is 5.55. The van der Waals surface area contributed by atoms with Gasteiger partial charge in [0.15, 0.2) is 0 Å². The number of amides is 2. The fourth-order valence-electron chi connectivity index (χ4n) is 1.91. The van der Waals surface area contributed by atoms with E-state index < -0.39 is 0 Å². The molecule has 0 unspecified atom stereocenters. The van der Waals surface area contributed by atoms with Gasteiger partial charge in [0.1, 0.15) is 0 Å². The summed E-state index contributed by atoms with van der Waals surface area (Å²) in [6, 6.07) is 5.86. The van der Waals surface area contributed by atoms with Crippen molar-refractivity contribution in [2.75, 3.05) is 18.8 Å². The minimum Gasteiger partial charge on any atom is -0.399 e. The van der Waals surface area contributed by atoms with E-state index in [0.29, 0.717) is 6.54 Å². The molecule has 2 amide bonds. The van der Waals surface area contributed by atoms with Crippen LogP contribution in [0.2, 0.25) is 0 Å². The second kappa shape index (κ2) is 4.43. The SMILES string of the molecule is Cc1c(N)cccc1CN1CCCNC1=O. The molecule has 0 saturated carbocycles. The normalized spacial score (nSPS) is 16.1. The number of carbonyl (C=O) groups is 1. The summed E-state index contributed by atoms with van der Waals surface area (Å²) in [5.41, 5.74) is 8.82. The zero-order chi connectivity index (χ0) is 11.5. The van der Waals surface area contributed by atoms with Crippen molar-refractivity contribution < 1.29 is 4.79 Å². The summed E-state index contributed by atoms with van der Waals surface area (Å²) >= 11 is 0. The number of nitrogens with two attached hydrogens (primary N) is 1. The Labute approximate surface area is 95.4 Å². The molecule has 1 aliphatic heterocycles. The van der Waals surface area contributed by atoms with Gasteiger partial charge < -0.3 is 16.0 Å². The van der Waals surface area contributed by atoms with Crippen LogP contribution in [0.4, 0.5) is 10.5 Å². The highest BCUT2D eigenvalue weighted by Crippen LogP contribution is 2.18. The monoisotopic (exact) mass is 219 g/mol. The van der Waals surface area contributed by atoms with Crippen molar-refractivity contribution in [1.29, 1.82) is 0 Å². The van der Waals surface area contributed by atoms with Crippen molar-refractivity contribution in [3.63, 3.8) is 0 Å². The molecule has 0 atom stereocenters. The lowest BCUT2D eigenvalue weighted by Crippen LogP contribution is -2.45. The minimum absolute atomic E-state index is 0.0214. The van der Waals surface area contributed by atoms with Crippen LogP contribution in [0.25, 0.3) is 0 Å². The summed E-state index contributed by atoms with van der Waals surface area (Å²) in [7, 11) is 0. The molecule has 1 aliphatic rings. The molecule has 0 spiro atoms. The Bertz CT molecular complexity index is 403. The number of nitrogen functional groups attached to an aromatic ring is 1. The smallest absolute Gasteiger partial charge is 0.317 e. The van der Waals surface area contributed by atoms with Gasteiger partial charge >= 0.3 is 6.03 Å². The van der Waals surface area contributed by atoms with Gasteiger partial charge in [-0.3, -0.25) is 0 Å². The molecule has 1 saturated heterocycles. The topological polar surface area (TPSA) is 58.4 Å². The van der Waals surface area contributed by atoms with E-state index in [1.54, 1.807) is 0 Å². The third kappa shape index (κ3) is 2.10. The molecule has 0 radical (unpaired) electrons. The number of benzene rings is 1. The maximum Gasteiger partial charge on any atom is 0.317 e. The van der Waals surface area contributed by atoms with Crippen LogP contribution in [0.3, 0.4) is 0 Å². The molecular weight excluding hydrogens is 202 g/mol. The highest BCUT2D eigenvalue weighted by atomic mass is 16.2. The van der Waals surface area contributed by atoms with Crippen molar-refractivity contribution in [1.82, 2.24) is 10.2 Å². The molecule has 86 valence electrons. The van der Waals surface area contributed by atoms with Crippen LogP contribution in [0.5, 0.6) is 0 Å². The van der Waals surface area contributed by atoms with Gasteiger partial charge in [0.2, 0.25) is 0 Å². The molecule has 0 aromatic heterocycles. The summed E-state index contributed by atoms with van der Waals surface area (Å²) in [5.74, 6) is 0. The molecule has 4 nitrogen and oxygen atoms in total. The van der Waals surface area contributed by atoms with Gasteiger partial charge in [0.25, 0.3) is 0 Å². The quantitative estimate of drug-likeness (QED) is 0.740. The molecule has 0 bridgehead atoms. The van der Waals surface area contributed by atoms with E-state index in [1.807, 2.05) is 30.0 Å². The molecule has 1 aromatic carbocycles. The second-order valence-electron chi connectivity index (χ2n) is 4.14. The zero-order valence-corrected chi connectivity index (χ0v) is 9.49. The third-order valence-electron chi connectivity index (χ3n) is 3.02. The van der Waals surface area contributed by atoms with E-state index >= 15 is 0 Å². The summed E-state index contributed by atoms with van der Waals surface area (Å²) in [6.45, 7) is 4.24. The lowest BCUT2D eigenvalue weighted by molar-refractivity contribution is 0.183. The van der Waals surface area contributed by atoms with Gasteiger partial charge in [0, 0.05) is 25.3 Å². The summed E-state index contributed by atoms with van der Waals surface area (Å²) in [5, 5.41) is 2.84. The highest BCUT2D eigenvalue weighted by Gasteiger charge is 2.18. The van der Waals surface area contributed by atoms with Crippen molar-refractivity contribution >= 4 is 11.7 Å². The van der Waals surface area contributed by atoms with E-state index in [-0.39, 0.29) is 6.03 Å². The Hall–Kier alpha value is -1.71. The number of hydrogen-bond acceptors (Lipinski definition) is 2. The highest BCUT2D eigenvalue weighted by molar-refractivity contribution is 5.75. The Morgan fingerprint density at radius 2 is 2.31 bits per heavy atom. The van der Waals surface area contributed by atoms with Crippen LogP contribution in [0.15, 0.2) is 18.2 Å². The molecule has 1 aromatic rings. The molecular formula is C12H17N3O. The van der Waals surface area contributed by atoms with Crippen LogP contribution in [-0.4, -0.2) is 24.0 Å². The fourth-order valence-corrected chi connectivity index (χ4v) is 1.91. The Kier molecular flexibility index (Phi) is 2.99. The van der Waals surface area contributed by atoms with E-state index in [1.165, 1.54) is 0 Å². The number of hydrogen-bond donors (Lipinski definition) is 2. The predicted octanol–water partition coefficient (Wildman–Crippen LogP) is 1.49. The number of urea groups is 1. The maximum atomic E-state index is 11.6. The standard InChI is InChI=1S/C12H17N3O/c1-9-10(4-2-5-11(9)13)8-15-7-3-6-14-12(15)16/h2,4-5H,3,6-8,13H2,1H3,(H,14,16). The number of nitrogens with one attached hydrogen (secondary N) is 1. The first-order valence-electron chi connectivity index (χ1n) is 5.55. The van der Waals surface area contributed by atoms with Crippen LogP contribution in [-0.2, 0) is 6.54 Å². The Balaban J connectivity index is 2.14. The lowest BCUT2D eigenvalue weighted by Gasteiger charge is -2.28. The number of nitrogens with zero attached hydrogens (tertiary/aromatic N) is 1. The van der Waals surface area contributed by atoms with Crippen molar-refractivity contribution in [3.05, 3.63) is 29.3 Å². The van der Waals surface area contributed by atoms with Gasteiger partial charge in [-0.05, 0) is 30.5 Å². The Morgan fingerprint density at radius 1 is 1.50 bits per heavy atom. The average molecular weight is 219 g/mol. The minimum atomic E-state index is 0.0214. The molecule has 1 fully saturated rings. The van der Waals surface area contributed by atoms with Crippen LogP contribution >= 0.6 is 0 Å². The first-order chi connectivity index (χ1) is 7.68. The summed E-state index contributed by atoms with van der Waals surface area (Å²) < 4.78 is 0. The predicted molar refractivity (Wildman–Crippen MR) is 64.0 cm³/mol. The number of carbonyl (C=O) groups excluding carboxylic acids is 1. The van der Waals surface area contributed by atoms with Gasteiger partial charge in [-0.15, -0.1) is 0 Å². The van der Waals surface area contributed by atoms with Crippen molar-refractivity contribution in [2.45, 2.75) is 19.9 Å². The maximum absolute atomic E-state index is 11.6. The number of anilines is 1. The largest absolute Gasteiger partial charge is 0.399 e. The summed E-state index contributed by atoms with van der Waals surface area (Å²) in [6.07, 6.45) is 1.01. The van der Waals surface area contributed by atoms with Crippen LogP contribution in [0, 0.1) is 6.92 Å². The molecule has 0 aliphatic carbocycles.